The van der Waals surface area contributed by atoms with Crippen LogP contribution in [0.3, 0.4) is 0 Å². The van der Waals surface area contributed by atoms with Crippen LogP contribution in [0.4, 0.5) is 4.79 Å². The van der Waals surface area contributed by atoms with Crippen molar-refractivity contribution in [2.24, 2.45) is 11.7 Å². The Hall–Kier alpha value is -1.34. The maximum absolute atomic E-state index is 12.2. The molecule has 3 amide bonds. The summed E-state index contributed by atoms with van der Waals surface area (Å²) in [6.07, 6.45) is 6.72. The molecular formula is C15H28N4O3. The fourth-order valence-electron chi connectivity index (χ4n) is 3.46. The second-order valence-electron chi connectivity index (χ2n) is 6.37. The number of carbonyl (C=O) groups excluding carboxylic acids is 2. The number of rotatable bonds is 5. The molecule has 2 fully saturated rings. The Balaban J connectivity index is 1.75. The molecule has 2 rings (SSSR count). The van der Waals surface area contributed by atoms with Crippen LogP contribution in [0.1, 0.15) is 32.1 Å². The minimum Gasteiger partial charge on any atom is -0.394 e. The molecule has 0 aromatic rings. The highest BCUT2D eigenvalue weighted by Gasteiger charge is 2.28. The predicted octanol–water partition coefficient (Wildman–Crippen LogP) is -0.260. The number of carbonyl (C=O) groups is 2. The van der Waals surface area contributed by atoms with Gasteiger partial charge in [-0.05, 0) is 18.8 Å². The first-order valence-electron chi connectivity index (χ1n) is 8.28. The van der Waals surface area contributed by atoms with Gasteiger partial charge in [0.05, 0.1) is 6.61 Å². The first-order chi connectivity index (χ1) is 10.6. The monoisotopic (exact) mass is 312 g/mol. The normalized spacial score (nSPS) is 22.3. The minimum absolute atomic E-state index is 0.251. The molecule has 22 heavy (non-hydrogen) atoms. The van der Waals surface area contributed by atoms with E-state index in [1.165, 1.54) is 32.1 Å². The van der Waals surface area contributed by atoms with Crippen molar-refractivity contribution in [3.63, 3.8) is 0 Å². The SMILES string of the molecule is NC(=O)NC(CO)C(=O)N1CCN(CC2CCCCC2)CC1. The molecule has 0 aromatic carbocycles. The van der Waals surface area contributed by atoms with Gasteiger partial charge in [-0.3, -0.25) is 9.69 Å². The lowest BCUT2D eigenvalue weighted by Crippen LogP contribution is -2.57. The standard InChI is InChI=1S/C15H28N4O3/c16-15(22)17-13(11-20)14(21)19-8-6-18(7-9-19)10-12-4-2-1-3-5-12/h12-13,20H,1-11H2,(H3,16,17,22). The van der Waals surface area contributed by atoms with Gasteiger partial charge in [-0.1, -0.05) is 19.3 Å². The van der Waals surface area contributed by atoms with Crippen LogP contribution in [0.5, 0.6) is 0 Å². The topological polar surface area (TPSA) is 98.9 Å². The maximum atomic E-state index is 12.2. The molecule has 1 saturated heterocycles. The molecule has 7 heteroatoms. The van der Waals surface area contributed by atoms with Crippen molar-refractivity contribution in [2.75, 3.05) is 39.3 Å². The van der Waals surface area contributed by atoms with Crippen LogP contribution in [-0.2, 0) is 4.79 Å². The molecule has 7 nitrogen and oxygen atoms in total. The van der Waals surface area contributed by atoms with Crippen molar-refractivity contribution in [2.45, 2.75) is 38.1 Å². The zero-order chi connectivity index (χ0) is 15.9. The lowest BCUT2D eigenvalue weighted by atomic mass is 9.89. The molecule has 0 radical (unpaired) electrons. The van der Waals surface area contributed by atoms with E-state index in [0.717, 1.165) is 25.6 Å². The van der Waals surface area contributed by atoms with E-state index < -0.39 is 18.7 Å². The van der Waals surface area contributed by atoms with Crippen molar-refractivity contribution in [1.29, 1.82) is 0 Å². The molecule has 2 aliphatic rings. The van der Waals surface area contributed by atoms with Gasteiger partial charge in [0.1, 0.15) is 6.04 Å². The highest BCUT2D eigenvalue weighted by Crippen LogP contribution is 2.24. The lowest BCUT2D eigenvalue weighted by molar-refractivity contribution is -0.136. The van der Waals surface area contributed by atoms with Crippen molar-refractivity contribution < 1.29 is 14.7 Å². The van der Waals surface area contributed by atoms with Gasteiger partial charge in [-0.15, -0.1) is 0 Å². The van der Waals surface area contributed by atoms with Crippen molar-refractivity contribution >= 4 is 11.9 Å². The highest BCUT2D eigenvalue weighted by molar-refractivity contribution is 5.86. The fraction of sp³-hybridized carbons (Fsp3) is 0.867. The van der Waals surface area contributed by atoms with E-state index in [2.05, 4.69) is 10.2 Å². The number of aliphatic hydroxyl groups is 1. The van der Waals surface area contributed by atoms with Gasteiger partial charge in [0, 0.05) is 32.7 Å². The Bertz CT molecular complexity index is 377. The zero-order valence-corrected chi connectivity index (χ0v) is 13.2. The van der Waals surface area contributed by atoms with E-state index in [9.17, 15) is 14.7 Å². The van der Waals surface area contributed by atoms with Gasteiger partial charge in [0.25, 0.3) is 0 Å². The first kappa shape index (κ1) is 17.0. The van der Waals surface area contributed by atoms with E-state index in [0.29, 0.717) is 13.1 Å². The summed E-state index contributed by atoms with van der Waals surface area (Å²) in [5.74, 6) is 0.552. The smallest absolute Gasteiger partial charge is 0.312 e. The van der Waals surface area contributed by atoms with Gasteiger partial charge < -0.3 is 21.1 Å². The quantitative estimate of drug-likeness (QED) is 0.651. The Kier molecular flexibility index (Phi) is 6.45. The van der Waals surface area contributed by atoms with Crippen LogP contribution < -0.4 is 11.1 Å². The van der Waals surface area contributed by atoms with Gasteiger partial charge >= 0.3 is 6.03 Å². The second-order valence-corrected chi connectivity index (χ2v) is 6.37. The number of amides is 3. The van der Waals surface area contributed by atoms with E-state index in [-0.39, 0.29) is 5.91 Å². The van der Waals surface area contributed by atoms with Crippen molar-refractivity contribution in [1.82, 2.24) is 15.1 Å². The molecule has 4 N–H and O–H groups in total. The molecule has 126 valence electrons. The van der Waals surface area contributed by atoms with Gasteiger partial charge in [0.2, 0.25) is 5.91 Å². The van der Waals surface area contributed by atoms with E-state index in [1.807, 2.05) is 0 Å². The highest BCUT2D eigenvalue weighted by atomic mass is 16.3. The summed E-state index contributed by atoms with van der Waals surface area (Å²) < 4.78 is 0. The van der Waals surface area contributed by atoms with E-state index in [1.54, 1.807) is 4.90 Å². The average Bonchev–Trinajstić information content (AvgIpc) is 2.53. The van der Waals surface area contributed by atoms with Gasteiger partial charge in [-0.2, -0.15) is 0 Å². The minimum atomic E-state index is -0.928. The van der Waals surface area contributed by atoms with E-state index in [4.69, 9.17) is 5.73 Å². The maximum Gasteiger partial charge on any atom is 0.312 e. The number of primary amides is 1. The number of hydrogen-bond acceptors (Lipinski definition) is 4. The van der Waals surface area contributed by atoms with Crippen LogP contribution in [0.15, 0.2) is 0 Å². The molecule has 1 saturated carbocycles. The largest absolute Gasteiger partial charge is 0.394 e. The molecule has 1 heterocycles. The van der Waals surface area contributed by atoms with Gasteiger partial charge in [0.15, 0.2) is 0 Å². The van der Waals surface area contributed by atoms with Crippen molar-refractivity contribution in [3.05, 3.63) is 0 Å². The molecule has 1 aliphatic heterocycles. The summed E-state index contributed by atoms with van der Waals surface area (Å²) in [6, 6.07) is -1.72. The summed E-state index contributed by atoms with van der Waals surface area (Å²) >= 11 is 0. The number of aliphatic hydroxyl groups excluding tert-OH is 1. The van der Waals surface area contributed by atoms with Crippen LogP contribution in [0.2, 0.25) is 0 Å². The lowest BCUT2D eigenvalue weighted by Gasteiger charge is -2.38. The van der Waals surface area contributed by atoms with Crippen LogP contribution >= 0.6 is 0 Å². The molecule has 1 unspecified atom stereocenters. The van der Waals surface area contributed by atoms with Crippen LogP contribution in [0.25, 0.3) is 0 Å². The third kappa shape index (κ3) is 4.84. The fourth-order valence-corrected chi connectivity index (χ4v) is 3.46. The zero-order valence-electron chi connectivity index (χ0n) is 13.2. The third-order valence-corrected chi connectivity index (χ3v) is 4.72. The average molecular weight is 312 g/mol. The second kappa shape index (κ2) is 8.33. The molecule has 0 bridgehead atoms. The summed E-state index contributed by atoms with van der Waals surface area (Å²) in [4.78, 5) is 27.2. The van der Waals surface area contributed by atoms with Crippen LogP contribution in [-0.4, -0.2) is 72.2 Å². The molecule has 0 spiro atoms. The number of piperazine rings is 1. The van der Waals surface area contributed by atoms with Gasteiger partial charge in [-0.25, -0.2) is 4.79 Å². The van der Waals surface area contributed by atoms with E-state index >= 15 is 0 Å². The molecule has 1 atom stereocenters. The number of nitrogens with zero attached hydrogens (tertiary/aromatic N) is 2. The van der Waals surface area contributed by atoms with Crippen LogP contribution in [0, 0.1) is 5.92 Å². The number of nitrogens with two attached hydrogens (primary N) is 1. The first-order valence-corrected chi connectivity index (χ1v) is 8.28. The Morgan fingerprint density at radius 1 is 1.14 bits per heavy atom. The Morgan fingerprint density at radius 3 is 2.32 bits per heavy atom. The molecular weight excluding hydrogens is 284 g/mol. The third-order valence-electron chi connectivity index (χ3n) is 4.72. The summed E-state index contributed by atoms with van der Waals surface area (Å²) in [6.45, 7) is 3.70. The predicted molar refractivity (Wildman–Crippen MR) is 83.2 cm³/mol. The van der Waals surface area contributed by atoms with Crippen molar-refractivity contribution in [3.8, 4) is 0 Å². The summed E-state index contributed by atoms with van der Waals surface area (Å²) in [5, 5.41) is 11.5. The number of urea groups is 1. The summed E-state index contributed by atoms with van der Waals surface area (Å²) in [5.41, 5.74) is 5.02. The molecule has 1 aliphatic carbocycles. The number of nitrogens with one attached hydrogen (secondary N) is 1. The summed E-state index contributed by atoms with van der Waals surface area (Å²) in [7, 11) is 0. The number of hydrogen-bond donors (Lipinski definition) is 3. The Labute approximate surface area is 131 Å². The Morgan fingerprint density at radius 2 is 1.77 bits per heavy atom. The molecule has 0 aromatic heterocycles.